The van der Waals surface area contributed by atoms with E-state index in [-0.39, 0.29) is 47.7 Å². The molecule has 0 aromatic carbocycles. The van der Waals surface area contributed by atoms with Gasteiger partial charge >= 0.3 is 0 Å². The van der Waals surface area contributed by atoms with E-state index >= 15 is 0 Å². The molecule has 3 atom stereocenters. The predicted octanol–water partition coefficient (Wildman–Crippen LogP) is -0.0186. The monoisotopic (exact) mass is 367 g/mol. The van der Waals surface area contributed by atoms with Crippen LogP contribution in [-0.2, 0) is 9.84 Å². The predicted molar refractivity (Wildman–Crippen MR) is 95.0 cm³/mol. The number of rotatable bonds is 3. The number of carbonyl (C=O) groups is 1. The van der Waals surface area contributed by atoms with E-state index in [1.807, 2.05) is 32.8 Å². The van der Waals surface area contributed by atoms with Crippen molar-refractivity contribution in [3.63, 3.8) is 0 Å². The zero-order valence-corrected chi connectivity index (χ0v) is 15.8. The highest BCUT2D eigenvalue weighted by molar-refractivity contribution is 7.92. The highest BCUT2D eigenvalue weighted by Crippen LogP contribution is 2.36. The second kappa shape index (κ2) is 6.21. The molecule has 0 aliphatic carbocycles. The molecule has 2 N–H and O–H groups in total. The maximum Gasteiger partial charge on any atom is 0.272 e. The minimum Gasteiger partial charge on any atom is -0.368 e. The number of aromatic nitrogens is 2. The lowest BCUT2D eigenvalue weighted by Crippen LogP contribution is -2.39. The Bertz CT molecular complexity index is 793. The molecule has 25 heavy (non-hydrogen) atoms. The maximum atomic E-state index is 12.9. The van der Waals surface area contributed by atoms with Crippen LogP contribution in [0.2, 0.25) is 0 Å². The van der Waals surface area contributed by atoms with Crippen LogP contribution in [0.1, 0.15) is 35.9 Å². The summed E-state index contributed by atoms with van der Waals surface area (Å²) in [5.74, 6) is 0.00169. The van der Waals surface area contributed by atoms with Crippen LogP contribution in [0.15, 0.2) is 6.07 Å². The van der Waals surface area contributed by atoms with Crippen molar-refractivity contribution in [2.75, 3.05) is 38.7 Å². The van der Waals surface area contributed by atoms with Crippen molar-refractivity contribution < 1.29 is 13.2 Å². The Morgan fingerprint density at radius 2 is 2.00 bits per heavy atom. The van der Waals surface area contributed by atoms with E-state index in [0.717, 1.165) is 0 Å². The van der Waals surface area contributed by atoms with Crippen molar-refractivity contribution >= 4 is 21.7 Å². The normalized spacial score (nSPS) is 27.9. The average Bonchev–Trinajstić information content (AvgIpc) is 3.05. The smallest absolute Gasteiger partial charge is 0.272 e. The largest absolute Gasteiger partial charge is 0.368 e. The first-order valence-corrected chi connectivity index (χ1v) is 10.1. The Morgan fingerprint density at radius 3 is 2.60 bits per heavy atom. The standard InChI is InChI=1S/C16H25N5O3S/c1-9(2)11-5-12(19-16(17)18-11)15(22)21-6-10-13(20(3)4)8-25(23,24)14(10)7-21/h5,9-10,13-14H,6-8H2,1-4H3,(H2,17,18,19)/t10-,13-,14-/m0/s1. The van der Waals surface area contributed by atoms with Gasteiger partial charge in [-0.2, -0.15) is 0 Å². The van der Waals surface area contributed by atoms with Gasteiger partial charge in [-0.25, -0.2) is 18.4 Å². The van der Waals surface area contributed by atoms with Crippen molar-refractivity contribution in [1.29, 1.82) is 0 Å². The van der Waals surface area contributed by atoms with E-state index in [2.05, 4.69) is 9.97 Å². The zero-order valence-electron chi connectivity index (χ0n) is 15.0. The van der Waals surface area contributed by atoms with Gasteiger partial charge in [-0.15, -0.1) is 0 Å². The first kappa shape index (κ1) is 18.1. The van der Waals surface area contributed by atoms with Gasteiger partial charge in [-0.05, 0) is 26.1 Å². The van der Waals surface area contributed by atoms with Crippen molar-refractivity contribution in [2.45, 2.75) is 31.1 Å². The van der Waals surface area contributed by atoms with Crippen LogP contribution in [0.3, 0.4) is 0 Å². The van der Waals surface area contributed by atoms with Crippen molar-refractivity contribution in [3.8, 4) is 0 Å². The Morgan fingerprint density at radius 1 is 1.32 bits per heavy atom. The number of carbonyl (C=O) groups excluding carboxylic acids is 1. The Balaban J connectivity index is 1.86. The van der Waals surface area contributed by atoms with Gasteiger partial charge in [-0.1, -0.05) is 13.8 Å². The molecule has 0 saturated carbocycles. The van der Waals surface area contributed by atoms with Crippen molar-refractivity contribution in [1.82, 2.24) is 19.8 Å². The minimum atomic E-state index is -3.19. The second-order valence-electron chi connectivity index (χ2n) is 7.46. The summed E-state index contributed by atoms with van der Waals surface area (Å²) in [5.41, 5.74) is 6.67. The number of likely N-dealkylation sites (tertiary alicyclic amines) is 1. The molecule has 8 nitrogen and oxygen atoms in total. The van der Waals surface area contributed by atoms with E-state index in [1.54, 1.807) is 11.0 Å². The summed E-state index contributed by atoms with van der Waals surface area (Å²) in [6, 6.07) is 1.59. The lowest BCUT2D eigenvalue weighted by Gasteiger charge is -2.25. The van der Waals surface area contributed by atoms with E-state index in [0.29, 0.717) is 12.2 Å². The summed E-state index contributed by atoms with van der Waals surface area (Å²) < 4.78 is 24.9. The fourth-order valence-electron chi connectivity index (χ4n) is 3.78. The SMILES string of the molecule is CC(C)c1cc(C(=O)N2C[C@H]3[C@@H](N(C)C)CS(=O)(=O)[C@H]3C2)nc(N)n1. The van der Waals surface area contributed by atoms with E-state index < -0.39 is 15.1 Å². The number of nitrogens with zero attached hydrogens (tertiary/aromatic N) is 4. The molecule has 2 aliphatic rings. The van der Waals surface area contributed by atoms with Crippen LogP contribution >= 0.6 is 0 Å². The number of nitrogen functional groups attached to an aromatic ring is 1. The number of amides is 1. The zero-order chi connectivity index (χ0) is 18.5. The second-order valence-corrected chi connectivity index (χ2v) is 9.73. The van der Waals surface area contributed by atoms with E-state index in [1.165, 1.54) is 0 Å². The molecule has 0 bridgehead atoms. The maximum absolute atomic E-state index is 12.9. The van der Waals surface area contributed by atoms with Crippen LogP contribution < -0.4 is 5.73 Å². The summed E-state index contributed by atoms with van der Waals surface area (Å²) in [4.78, 5) is 24.6. The summed E-state index contributed by atoms with van der Waals surface area (Å²) in [5, 5.41) is -0.493. The molecule has 1 aromatic heterocycles. The molecule has 1 amide bonds. The highest BCUT2D eigenvalue weighted by Gasteiger charge is 2.53. The molecule has 2 saturated heterocycles. The summed E-state index contributed by atoms with van der Waals surface area (Å²) >= 11 is 0. The Kier molecular flexibility index (Phi) is 4.48. The van der Waals surface area contributed by atoms with Crippen LogP contribution in [0.5, 0.6) is 0 Å². The number of sulfone groups is 1. The van der Waals surface area contributed by atoms with Gasteiger partial charge in [0.2, 0.25) is 5.95 Å². The van der Waals surface area contributed by atoms with E-state index in [4.69, 9.17) is 5.73 Å². The fraction of sp³-hybridized carbons (Fsp3) is 0.688. The van der Waals surface area contributed by atoms with Gasteiger partial charge in [0.15, 0.2) is 9.84 Å². The molecule has 0 unspecified atom stereocenters. The third-order valence-corrected chi connectivity index (χ3v) is 7.42. The van der Waals surface area contributed by atoms with E-state index in [9.17, 15) is 13.2 Å². The highest BCUT2D eigenvalue weighted by atomic mass is 32.2. The minimum absolute atomic E-state index is 0.0607. The molecule has 138 valence electrons. The van der Waals surface area contributed by atoms with Gasteiger partial charge in [0.05, 0.1) is 11.0 Å². The Hall–Kier alpha value is -1.74. The molecular weight excluding hydrogens is 342 g/mol. The summed E-state index contributed by atoms with van der Waals surface area (Å²) in [7, 11) is 0.575. The number of hydrogen-bond donors (Lipinski definition) is 1. The average molecular weight is 367 g/mol. The molecule has 1 aromatic rings. The summed E-state index contributed by atoms with van der Waals surface area (Å²) in [6.45, 7) is 4.57. The van der Waals surface area contributed by atoms with Crippen molar-refractivity contribution in [2.24, 2.45) is 5.92 Å². The van der Waals surface area contributed by atoms with Crippen LogP contribution in [0, 0.1) is 5.92 Å². The molecule has 2 aliphatic heterocycles. The van der Waals surface area contributed by atoms with Gasteiger partial charge in [-0.3, -0.25) is 4.79 Å². The van der Waals surface area contributed by atoms with Crippen LogP contribution in [-0.4, -0.2) is 78.3 Å². The molecule has 3 rings (SSSR count). The van der Waals surface area contributed by atoms with Gasteiger partial charge in [0, 0.05) is 30.7 Å². The lowest BCUT2D eigenvalue weighted by molar-refractivity contribution is 0.0773. The fourth-order valence-corrected chi connectivity index (χ4v) is 6.26. The third kappa shape index (κ3) is 3.22. The van der Waals surface area contributed by atoms with Gasteiger partial charge in [0.25, 0.3) is 5.91 Å². The number of anilines is 1. The number of nitrogens with two attached hydrogens (primary N) is 1. The molecule has 2 fully saturated rings. The van der Waals surface area contributed by atoms with Crippen LogP contribution in [0.25, 0.3) is 0 Å². The molecule has 3 heterocycles. The third-order valence-electron chi connectivity index (χ3n) is 5.19. The number of hydrogen-bond acceptors (Lipinski definition) is 7. The van der Waals surface area contributed by atoms with Gasteiger partial charge < -0.3 is 15.5 Å². The number of fused-ring (bicyclic) bond motifs is 1. The molecule has 0 spiro atoms. The lowest BCUT2D eigenvalue weighted by atomic mass is 10.00. The first-order chi connectivity index (χ1) is 11.6. The van der Waals surface area contributed by atoms with Gasteiger partial charge in [0.1, 0.15) is 5.69 Å². The quantitative estimate of drug-likeness (QED) is 0.799. The summed E-state index contributed by atoms with van der Waals surface area (Å²) in [6.07, 6.45) is 0. The van der Waals surface area contributed by atoms with Crippen molar-refractivity contribution in [3.05, 3.63) is 17.5 Å². The van der Waals surface area contributed by atoms with Crippen LogP contribution in [0.4, 0.5) is 5.95 Å². The molecule has 9 heteroatoms. The molecule has 0 radical (unpaired) electrons. The Labute approximate surface area is 148 Å². The first-order valence-electron chi connectivity index (χ1n) is 8.42. The topological polar surface area (TPSA) is 109 Å². The molecular formula is C16H25N5O3S.